The third kappa shape index (κ3) is 1.92. The summed E-state index contributed by atoms with van der Waals surface area (Å²) in [5.74, 6) is -0.447. The number of fused-ring (bicyclic) bond motifs is 1. The van der Waals surface area contributed by atoms with Crippen molar-refractivity contribution in [2.45, 2.75) is 6.92 Å². The third-order valence-corrected chi connectivity index (χ3v) is 2.89. The Labute approximate surface area is 105 Å². The molecule has 0 atom stereocenters. The van der Waals surface area contributed by atoms with E-state index in [0.717, 1.165) is 0 Å². The number of aromatic amines is 1. The summed E-state index contributed by atoms with van der Waals surface area (Å²) in [6.45, 7) is 2.07. The van der Waals surface area contributed by atoms with E-state index in [2.05, 4.69) is 26.1 Å². The lowest BCUT2D eigenvalue weighted by Crippen LogP contribution is -2.05. The van der Waals surface area contributed by atoms with Crippen LogP contribution in [0, 0.1) is 0 Å². The average molecular weight is 304 g/mol. The summed E-state index contributed by atoms with van der Waals surface area (Å²) in [5, 5.41) is 7.92. The highest BCUT2D eigenvalue weighted by Crippen LogP contribution is 2.29. The van der Waals surface area contributed by atoms with Crippen molar-refractivity contribution in [3.63, 3.8) is 0 Å². The maximum absolute atomic E-state index is 11.6. The van der Waals surface area contributed by atoms with Gasteiger partial charge in [0.05, 0.1) is 12.1 Å². The summed E-state index contributed by atoms with van der Waals surface area (Å²) in [5.41, 5.74) is 0.961. The minimum Gasteiger partial charge on any atom is -0.461 e. The second kappa shape index (κ2) is 4.43. The van der Waals surface area contributed by atoms with Crippen molar-refractivity contribution in [3.8, 4) is 0 Å². The molecule has 0 amide bonds. The van der Waals surface area contributed by atoms with Crippen LogP contribution in [-0.4, -0.2) is 22.8 Å². The number of hydrogen-bond donors (Lipinski definition) is 1. The van der Waals surface area contributed by atoms with E-state index in [9.17, 15) is 4.79 Å². The van der Waals surface area contributed by atoms with Crippen LogP contribution < -0.4 is 0 Å². The highest BCUT2D eigenvalue weighted by molar-refractivity contribution is 9.10. The number of rotatable bonds is 2. The molecule has 1 heterocycles. The molecule has 0 saturated heterocycles. The van der Waals surface area contributed by atoms with E-state index >= 15 is 0 Å². The monoisotopic (exact) mass is 302 g/mol. The Kier molecular flexibility index (Phi) is 3.16. The van der Waals surface area contributed by atoms with Gasteiger partial charge in [0.1, 0.15) is 0 Å². The number of nitrogens with zero attached hydrogens (tertiary/aromatic N) is 1. The number of ether oxygens (including phenoxy) is 1. The molecule has 0 aliphatic carbocycles. The Bertz CT molecular complexity index is 553. The van der Waals surface area contributed by atoms with Gasteiger partial charge in [-0.1, -0.05) is 11.6 Å². The smallest absolute Gasteiger partial charge is 0.359 e. The van der Waals surface area contributed by atoms with E-state index in [-0.39, 0.29) is 5.69 Å². The maximum atomic E-state index is 11.6. The summed E-state index contributed by atoms with van der Waals surface area (Å²) in [7, 11) is 0. The lowest BCUT2D eigenvalue weighted by Gasteiger charge is -2.00. The van der Waals surface area contributed by atoms with Crippen LogP contribution >= 0.6 is 27.5 Å². The van der Waals surface area contributed by atoms with E-state index in [4.69, 9.17) is 16.3 Å². The lowest BCUT2D eigenvalue weighted by molar-refractivity contribution is 0.0521. The number of aromatic nitrogens is 2. The fourth-order valence-corrected chi connectivity index (χ4v) is 2.42. The Morgan fingerprint density at radius 3 is 3.06 bits per heavy atom. The molecule has 2 rings (SSSR count). The molecule has 1 aromatic carbocycles. The summed E-state index contributed by atoms with van der Waals surface area (Å²) in [4.78, 5) is 11.6. The Morgan fingerprint density at radius 1 is 1.62 bits per heavy atom. The molecule has 0 unspecified atom stereocenters. The van der Waals surface area contributed by atoms with Crippen molar-refractivity contribution < 1.29 is 9.53 Å². The largest absolute Gasteiger partial charge is 0.461 e. The predicted octanol–water partition coefficient (Wildman–Crippen LogP) is 3.16. The van der Waals surface area contributed by atoms with Crippen LogP contribution in [0.15, 0.2) is 16.6 Å². The number of halogens is 2. The minimum absolute atomic E-state index is 0.264. The highest BCUT2D eigenvalue weighted by atomic mass is 79.9. The molecular formula is C10H8BrClN2O2. The lowest BCUT2D eigenvalue weighted by atomic mass is 10.2. The molecule has 0 spiro atoms. The molecule has 0 radical (unpaired) electrons. The molecule has 0 bridgehead atoms. The van der Waals surface area contributed by atoms with Gasteiger partial charge in [-0.2, -0.15) is 5.10 Å². The fourth-order valence-electron chi connectivity index (χ4n) is 1.42. The van der Waals surface area contributed by atoms with Crippen molar-refractivity contribution in [1.82, 2.24) is 10.2 Å². The van der Waals surface area contributed by atoms with Crippen LogP contribution in [0.2, 0.25) is 5.02 Å². The topological polar surface area (TPSA) is 55.0 Å². The third-order valence-electron chi connectivity index (χ3n) is 2.05. The van der Waals surface area contributed by atoms with Gasteiger partial charge in [0.25, 0.3) is 0 Å². The van der Waals surface area contributed by atoms with Crippen LogP contribution in [-0.2, 0) is 4.74 Å². The Balaban J connectivity index is 2.60. The summed E-state index contributed by atoms with van der Waals surface area (Å²) >= 11 is 9.22. The fraction of sp³-hybridized carbons (Fsp3) is 0.200. The average Bonchev–Trinajstić information content (AvgIpc) is 2.61. The second-order valence-electron chi connectivity index (χ2n) is 3.10. The van der Waals surface area contributed by atoms with Gasteiger partial charge in [0.15, 0.2) is 5.69 Å². The molecule has 0 saturated carbocycles. The van der Waals surface area contributed by atoms with Gasteiger partial charge in [0.2, 0.25) is 0 Å². The molecule has 0 fully saturated rings. The minimum atomic E-state index is -0.447. The Hall–Kier alpha value is -1.07. The number of carbonyl (C=O) groups is 1. The molecule has 0 aliphatic rings. The van der Waals surface area contributed by atoms with Crippen molar-refractivity contribution in [1.29, 1.82) is 0 Å². The number of nitrogens with one attached hydrogen (secondary N) is 1. The second-order valence-corrected chi connectivity index (χ2v) is 4.39. The Morgan fingerprint density at radius 2 is 2.38 bits per heavy atom. The number of carbonyl (C=O) groups excluding carboxylic acids is 1. The first-order valence-electron chi connectivity index (χ1n) is 4.63. The van der Waals surface area contributed by atoms with Crippen molar-refractivity contribution in [2.75, 3.05) is 6.61 Å². The van der Waals surface area contributed by atoms with E-state index in [1.165, 1.54) is 0 Å². The SMILES string of the molecule is CCOC(=O)c1n[nH]c2cc(Cl)cc(Br)c12. The highest BCUT2D eigenvalue weighted by Gasteiger charge is 2.17. The first-order valence-corrected chi connectivity index (χ1v) is 5.80. The summed E-state index contributed by atoms with van der Waals surface area (Å²) in [6.07, 6.45) is 0. The zero-order valence-corrected chi connectivity index (χ0v) is 10.7. The molecule has 1 aromatic heterocycles. The van der Waals surface area contributed by atoms with E-state index in [1.54, 1.807) is 19.1 Å². The zero-order valence-electron chi connectivity index (χ0n) is 8.38. The van der Waals surface area contributed by atoms with Crippen LogP contribution in [0.5, 0.6) is 0 Å². The molecule has 16 heavy (non-hydrogen) atoms. The van der Waals surface area contributed by atoms with Gasteiger partial charge >= 0.3 is 5.97 Å². The van der Waals surface area contributed by atoms with E-state index < -0.39 is 5.97 Å². The van der Waals surface area contributed by atoms with Gasteiger partial charge in [0, 0.05) is 14.9 Å². The van der Waals surface area contributed by atoms with Crippen LogP contribution in [0.3, 0.4) is 0 Å². The van der Waals surface area contributed by atoms with Gasteiger partial charge < -0.3 is 4.74 Å². The van der Waals surface area contributed by atoms with Gasteiger partial charge in [-0.25, -0.2) is 4.79 Å². The molecule has 2 aromatic rings. The number of hydrogen-bond acceptors (Lipinski definition) is 3. The summed E-state index contributed by atoms with van der Waals surface area (Å²) < 4.78 is 5.62. The molecular weight excluding hydrogens is 295 g/mol. The van der Waals surface area contributed by atoms with Crippen molar-refractivity contribution >= 4 is 44.4 Å². The van der Waals surface area contributed by atoms with Gasteiger partial charge in [-0.15, -0.1) is 0 Å². The number of H-pyrrole nitrogens is 1. The molecule has 4 nitrogen and oxygen atoms in total. The zero-order chi connectivity index (χ0) is 11.7. The van der Waals surface area contributed by atoms with Gasteiger partial charge in [-0.05, 0) is 35.0 Å². The number of esters is 1. The molecule has 0 aliphatic heterocycles. The molecule has 1 N–H and O–H groups in total. The van der Waals surface area contributed by atoms with E-state index in [1.807, 2.05) is 0 Å². The normalized spacial score (nSPS) is 10.7. The summed E-state index contributed by atoms with van der Waals surface area (Å²) in [6, 6.07) is 3.42. The van der Waals surface area contributed by atoms with Gasteiger partial charge in [-0.3, -0.25) is 5.10 Å². The predicted molar refractivity (Wildman–Crippen MR) is 64.8 cm³/mol. The van der Waals surface area contributed by atoms with Crippen LogP contribution in [0.25, 0.3) is 10.9 Å². The van der Waals surface area contributed by atoms with Crippen molar-refractivity contribution in [3.05, 3.63) is 27.3 Å². The molecule has 84 valence electrons. The first kappa shape index (κ1) is 11.4. The van der Waals surface area contributed by atoms with E-state index in [0.29, 0.717) is 27.0 Å². The molecule has 6 heteroatoms. The standard InChI is InChI=1S/C10H8BrClN2O2/c1-2-16-10(15)9-8-6(11)3-5(12)4-7(8)13-14-9/h3-4H,2H2,1H3,(H,13,14). The van der Waals surface area contributed by atoms with Crippen LogP contribution in [0.1, 0.15) is 17.4 Å². The number of benzene rings is 1. The van der Waals surface area contributed by atoms with Crippen LogP contribution in [0.4, 0.5) is 0 Å². The maximum Gasteiger partial charge on any atom is 0.359 e. The van der Waals surface area contributed by atoms with Crippen molar-refractivity contribution in [2.24, 2.45) is 0 Å². The quantitative estimate of drug-likeness (QED) is 0.867. The first-order chi connectivity index (χ1) is 7.63.